The zero-order valence-corrected chi connectivity index (χ0v) is 42.2. The number of benzene rings is 1. The molecular formula is C50H85KO7S. The summed E-state index contributed by atoms with van der Waals surface area (Å²) < 4.78 is 45.8. The van der Waals surface area contributed by atoms with Gasteiger partial charge in [0.1, 0.15) is 10.1 Å². The SMILES string of the molecule is CCCCCCCCCCCCCCC/C=C/CCCCOC(=O)c1ccc(S(=O)(=O)[O-])cc1C(=O)OCCCC/C=C/CCCCCCCCCCCCCCC.[K+]. The second-order valence-electron chi connectivity index (χ2n) is 16.4. The first-order valence-corrected chi connectivity index (χ1v) is 25.5. The van der Waals surface area contributed by atoms with Gasteiger partial charge >= 0.3 is 63.3 Å². The van der Waals surface area contributed by atoms with Crippen molar-refractivity contribution in [1.82, 2.24) is 0 Å². The predicted octanol–water partition coefficient (Wildman–Crippen LogP) is 12.3. The van der Waals surface area contributed by atoms with Crippen LogP contribution < -0.4 is 51.4 Å². The Hall–Kier alpha value is -0.814. The van der Waals surface area contributed by atoms with Gasteiger partial charge in [-0.3, -0.25) is 0 Å². The molecule has 59 heavy (non-hydrogen) atoms. The predicted molar refractivity (Wildman–Crippen MR) is 242 cm³/mol. The molecule has 0 aliphatic heterocycles. The zero-order chi connectivity index (χ0) is 42.2. The van der Waals surface area contributed by atoms with E-state index in [4.69, 9.17) is 9.47 Å². The maximum Gasteiger partial charge on any atom is 1.00 e. The minimum absolute atomic E-state index is 0. The molecule has 0 N–H and O–H groups in total. The number of hydrogen-bond donors (Lipinski definition) is 0. The van der Waals surface area contributed by atoms with Crippen LogP contribution in [-0.4, -0.2) is 38.1 Å². The molecule has 0 aliphatic carbocycles. The molecule has 0 aliphatic rings. The number of ether oxygens (including phenoxy) is 2. The third-order valence-corrected chi connectivity index (χ3v) is 11.8. The summed E-state index contributed by atoms with van der Waals surface area (Å²) in [4.78, 5) is 25.3. The van der Waals surface area contributed by atoms with Gasteiger partial charge in [-0.1, -0.05) is 192 Å². The third-order valence-electron chi connectivity index (χ3n) is 11.0. The summed E-state index contributed by atoms with van der Waals surface area (Å²) in [5.74, 6) is -1.59. The van der Waals surface area contributed by atoms with Crippen molar-refractivity contribution in [3.05, 3.63) is 53.6 Å². The van der Waals surface area contributed by atoms with Crippen LogP contribution in [0.1, 0.15) is 253 Å². The molecule has 0 amide bonds. The molecular weight excluding hydrogens is 784 g/mol. The van der Waals surface area contributed by atoms with Crippen LogP contribution in [0.3, 0.4) is 0 Å². The van der Waals surface area contributed by atoms with Crippen molar-refractivity contribution in [1.29, 1.82) is 0 Å². The van der Waals surface area contributed by atoms with Crippen molar-refractivity contribution in [3.63, 3.8) is 0 Å². The Morgan fingerprint density at radius 1 is 0.458 bits per heavy atom. The molecule has 0 radical (unpaired) electrons. The van der Waals surface area contributed by atoms with E-state index >= 15 is 0 Å². The quantitative estimate of drug-likeness (QED) is 0.0212. The Morgan fingerprint density at radius 2 is 0.746 bits per heavy atom. The van der Waals surface area contributed by atoms with Crippen molar-refractivity contribution in [2.24, 2.45) is 0 Å². The number of esters is 2. The summed E-state index contributed by atoms with van der Waals surface area (Å²) >= 11 is 0. The molecule has 1 aromatic carbocycles. The molecule has 0 atom stereocenters. The van der Waals surface area contributed by atoms with E-state index in [2.05, 4.69) is 38.2 Å². The van der Waals surface area contributed by atoms with E-state index in [0.29, 0.717) is 12.8 Å². The van der Waals surface area contributed by atoms with Crippen LogP contribution in [0.15, 0.2) is 47.4 Å². The molecule has 0 heterocycles. The Labute approximate surface area is 405 Å². The van der Waals surface area contributed by atoms with Gasteiger partial charge in [0.2, 0.25) is 0 Å². The minimum Gasteiger partial charge on any atom is -0.744 e. The smallest absolute Gasteiger partial charge is 0.744 e. The third kappa shape index (κ3) is 35.4. The minimum atomic E-state index is -4.83. The summed E-state index contributed by atoms with van der Waals surface area (Å²) in [5.41, 5.74) is -0.373. The molecule has 1 aromatic rings. The van der Waals surface area contributed by atoms with E-state index in [1.165, 1.54) is 167 Å². The fraction of sp³-hybridized carbons (Fsp3) is 0.760. The van der Waals surface area contributed by atoms with E-state index in [-0.39, 0.29) is 75.7 Å². The Morgan fingerprint density at radius 3 is 1.07 bits per heavy atom. The van der Waals surface area contributed by atoms with Crippen LogP contribution in [0.4, 0.5) is 0 Å². The van der Waals surface area contributed by atoms with E-state index in [0.717, 1.165) is 56.7 Å². The van der Waals surface area contributed by atoms with Gasteiger partial charge in [-0.15, -0.1) is 0 Å². The van der Waals surface area contributed by atoms with Crippen molar-refractivity contribution < 1.29 is 83.4 Å². The van der Waals surface area contributed by atoms with E-state index in [1.54, 1.807) is 0 Å². The maximum atomic E-state index is 13.0. The Balaban J connectivity index is 0.0000336. The Bertz CT molecular complexity index is 1310. The standard InChI is InChI=1S/C50H86O7S.K/c1-3-5-7-9-11-13-15-17-19-21-23-25-27-29-31-33-35-37-39-43-56-49(51)47-42-41-46(58(53,54)55)45-48(47)50(52)57-44-40-38-36-34-32-30-28-26-24-22-20-18-16-14-12-10-8-6-4-2;/h31-34,41-42,45H,3-30,35-40,43-44H2,1-2H3,(H,53,54,55);/q;+1/p-1/b33-31+,34-32+;. The number of hydrogen-bond acceptors (Lipinski definition) is 7. The van der Waals surface area contributed by atoms with Crippen LogP contribution in [0, 0.1) is 0 Å². The molecule has 0 saturated heterocycles. The molecule has 9 heteroatoms. The van der Waals surface area contributed by atoms with Crippen molar-refractivity contribution in [3.8, 4) is 0 Å². The molecule has 0 spiro atoms. The number of unbranched alkanes of at least 4 members (excludes halogenated alkanes) is 30. The van der Waals surface area contributed by atoms with Crippen LogP contribution in [0.5, 0.6) is 0 Å². The molecule has 0 aromatic heterocycles. The largest absolute Gasteiger partial charge is 1.00 e. The van der Waals surface area contributed by atoms with Gasteiger partial charge in [0.25, 0.3) is 0 Å². The van der Waals surface area contributed by atoms with Gasteiger partial charge in [-0.25, -0.2) is 18.0 Å². The number of carbonyl (C=O) groups is 2. The van der Waals surface area contributed by atoms with Gasteiger partial charge in [-0.05, 0) is 82.4 Å². The van der Waals surface area contributed by atoms with E-state index in [9.17, 15) is 22.6 Å². The summed E-state index contributed by atoms with van der Waals surface area (Å²) in [6.45, 7) is 4.84. The van der Waals surface area contributed by atoms with E-state index < -0.39 is 27.0 Å². The first-order valence-electron chi connectivity index (χ1n) is 24.0. The Kier molecular flexibility index (Phi) is 41.9. The van der Waals surface area contributed by atoms with Crippen LogP contribution in [0.25, 0.3) is 0 Å². The summed E-state index contributed by atoms with van der Waals surface area (Å²) in [5, 5.41) is 0. The zero-order valence-electron chi connectivity index (χ0n) is 38.3. The number of rotatable bonds is 41. The second-order valence-corrected chi connectivity index (χ2v) is 17.8. The average molecular weight is 869 g/mol. The molecule has 1 rings (SSSR count). The van der Waals surface area contributed by atoms with Gasteiger partial charge in [-0.2, -0.15) is 0 Å². The normalized spacial score (nSPS) is 11.7. The monoisotopic (exact) mass is 869 g/mol. The van der Waals surface area contributed by atoms with Gasteiger partial charge in [0, 0.05) is 0 Å². The van der Waals surface area contributed by atoms with Gasteiger partial charge in [0.05, 0.1) is 29.2 Å². The van der Waals surface area contributed by atoms with Crippen LogP contribution in [-0.2, 0) is 19.6 Å². The fourth-order valence-electron chi connectivity index (χ4n) is 7.27. The number of carbonyl (C=O) groups excluding carboxylic acids is 2. The second kappa shape index (κ2) is 42.5. The van der Waals surface area contributed by atoms with Gasteiger partial charge < -0.3 is 14.0 Å². The van der Waals surface area contributed by atoms with Crippen LogP contribution in [0.2, 0.25) is 0 Å². The van der Waals surface area contributed by atoms with Crippen molar-refractivity contribution >= 4 is 22.1 Å². The number of allylic oxidation sites excluding steroid dienone is 4. The molecule has 0 bridgehead atoms. The molecule has 0 fully saturated rings. The topological polar surface area (TPSA) is 110 Å². The first-order chi connectivity index (χ1) is 28.3. The molecule has 334 valence electrons. The van der Waals surface area contributed by atoms with E-state index in [1.807, 2.05) is 0 Å². The fourth-order valence-corrected chi connectivity index (χ4v) is 7.77. The summed E-state index contributed by atoms with van der Waals surface area (Å²) in [6, 6.07) is 3.11. The average Bonchev–Trinajstić information content (AvgIpc) is 3.21. The summed E-state index contributed by atoms with van der Waals surface area (Å²) in [6.07, 6.45) is 51.0. The van der Waals surface area contributed by atoms with Gasteiger partial charge in [0.15, 0.2) is 0 Å². The molecule has 0 saturated carbocycles. The maximum absolute atomic E-state index is 13.0. The first kappa shape index (κ1) is 58.2. The van der Waals surface area contributed by atoms with Crippen molar-refractivity contribution in [2.75, 3.05) is 13.2 Å². The summed E-state index contributed by atoms with van der Waals surface area (Å²) in [7, 11) is -4.83. The molecule has 7 nitrogen and oxygen atoms in total. The van der Waals surface area contributed by atoms with Crippen LogP contribution >= 0.6 is 0 Å². The van der Waals surface area contributed by atoms with Crippen molar-refractivity contribution in [2.45, 2.75) is 237 Å². The molecule has 0 unspecified atom stereocenters.